The standard InChI is InChI=1S/C32H35ClN8O/c1-31(2,3)18-36-27-19(15-34)16-35-28-24(27)13-20(14-25(28)33)37-29(26-17-41(39-38-26)32(4,5)6)22-9-8-10-23-21(22)11-12-40(7)30(23)42/h8-14,16-17,29,37H,18H2,1-7H3,(H,35,36)/t29-/m0/s1. The molecule has 0 saturated heterocycles. The molecule has 3 heterocycles. The van der Waals surface area contributed by atoms with Gasteiger partial charge in [0.05, 0.1) is 39.6 Å². The lowest BCUT2D eigenvalue weighted by Gasteiger charge is -2.23. The average molecular weight is 583 g/mol. The Morgan fingerprint density at radius 3 is 2.50 bits per heavy atom. The highest BCUT2D eigenvalue weighted by Gasteiger charge is 2.25. The molecular weight excluding hydrogens is 548 g/mol. The molecule has 0 spiro atoms. The lowest BCUT2D eigenvalue weighted by atomic mass is 9.96. The monoisotopic (exact) mass is 582 g/mol. The van der Waals surface area contributed by atoms with Gasteiger partial charge in [0.25, 0.3) is 5.56 Å². The number of fused-ring (bicyclic) bond motifs is 2. The van der Waals surface area contributed by atoms with Crippen LogP contribution in [0, 0.1) is 16.7 Å². The van der Waals surface area contributed by atoms with E-state index in [0.29, 0.717) is 45.1 Å². The summed E-state index contributed by atoms with van der Waals surface area (Å²) in [6, 6.07) is 13.2. The third-order valence-corrected chi connectivity index (χ3v) is 7.40. The highest BCUT2D eigenvalue weighted by atomic mass is 35.5. The van der Waals surface area contributed by atoms with Crippen molar-refractivity contribution < 1.29 is 0 Å². The van der Waals surface area contributed by atoms with Crippen LogP contribution in [0.3, 0.4) is 0 Å². The molecule has 0 fully saturated rings. The fourth-order valence-corrected chi connectivity index (χ4v) is 5.11. The number of halogens is 1. The molecule has 5 rings (SSSR count). The topological polar surface area (TPSA) is 113 Å². The zero-order valence-electron chi connectivity index (χ0n) is 25.0. The Labute approximate surface area is 250 Å². The van der Waals surface area contributed by atoms with Crippen LogP contribution in [-0.2, 0) is 12.6 Å². The molecule has 2 N–H and O–H groups in total. The van der Waals surface area contributed by atoms with Gasteiger partial charge in [0.2, 0.25) is 0 Å². The van der Waals surface area contributed by atoms with Crippen LogP contribution >= 0.6 is 11.6 Å². The second-order valence-electron chi connectivity index (χ2n) is 12.8. The maximum absolute atomic E-state index is 13.0. The second kappa shape index (κ2) is 10.8. The molecule has 0 saturated carbocycles. The fraction of sp³-hybridized carbons (Fsp3) is 0.344. The number of nitriles is 1. The predicted octanol–water partition coefficient (Wildman–Crippen LogP) is 6.62. The molecule has 0 bridgehead atoms. The highest BCUT2D eigenvalue weighted by Crippen LogP contribution is 2.37. The Hall–Kier alpha value is -4.42. The van der Waals surface area contributed by atoms with Crippen molar-refractivity contribution in [1.82, 2.24) is 24.5 Å². The summed E-state index contributed by atoms with van der Waals surface area (Å²) in [7, 11) is 1.74. The summed E-state index contributed by atoms with van der Waals surface area (Å²) >= 11 is 6.80. The first kappa shape index (κ1) is 29.1. The van der Waals surface area contributed by atoms with Gasteiger partial charge < -0.3 is 15.2 Å². The molecule has 0 aliphatic heterocycles. The van der Waals surface area contributed by atoms with E-state index in [1.807, 2.05) is 47.3 Å². The summed E-state index contributed by atoms with van der Waals surface area (Å²) in [6.07, 6.45) is 5.24. The van der Waals surface area contributed by atoms with Crippen LogP contribution in [0.2, 0.25) is 5.02 Å². The van der Waals surface area contributed by atoms with Crippen LogP contribution < -0.4 is 16.2 Å². The molecular formula is C32H35ClN8O. The minimum absolute atomic E-state index is 0.0165. The van der Waals surface area contributed by atoms with Crippen LogP contribution in [0.5, 0.6) is 0 Å². The summed E-state index contributed by atoms with van der Waals surface area (Å²) in [5.74, 6) is 0. The van der Waals surface area contributed by atoms with Gasteiger partial charge in [-0.25, -0.2) is 4.68 Å². The van der Waals surface area contributed by atoms with Crippen molar-refractivity contribution in [2.24, 2.45) is 12.5 Å². The summed E-state index contributed by atoms with van der Waals surface area (Å²) in [4.78, 5) is 17.5. The van der Waals surface area contributed by atoms with Crippen molar-refractivity contribution in [1.29, 1.82) is 5.26 Å². The molecule has 0 aliphatic carbocycles. The molecule has 0 unspecified atom stereocenters. The van der Waals surface area contributed by atoms with Crippen LogP contribution in [-0.4, -0.2) is 31.1 Å². The molecule has 10 heteroatoms. The second-order valence-corrected chi connectivity index (χ2v) is 13.2. The third-order valence-electron chi connectivity index (χ3n) is 7.11. The first-order chi connectivity index (χ1) is 19.8. The molecule has 1 atom stereocenters. The van der Waals surface area contributed by atoms with E-state index in [9.17, 15) is 10.1 Å². The van der Waals surface area contributed by atoms with E-state index in [-0.39, 0.29) is 16.5 Å². The number of aromatic nitrogens is 5. The average Bonchev–Trinajstić information content (AvgIpc) is 3.43. The molecule has 5 aromatic rings. The van der Waals surface area contributed by atoms with Gasteiger partial charge in [-0.2, -0.15) is 5.26 Å². The van der Waals surface area contributed by atoms with E-state index in [4.69, 9.17) is 11.6 Å². The Morgan fingerprint density at radius 2 is 1.83 bits per heavy atom. The number of benzene rings is 2. The van der Waals surface area contributed by atoms with Crippen molar-refractivity contribution in [2.75, 3.05) is 17.2 Å². The van der Waals surface area contributed by atoms with Crippen molar-refractivity contribution in [3.05, 3.63) is 87.2 Å². The van der Waals surface area contributed by atoms with Crippen LogP contribution in [0.4, 0.5) is 11.4 Å². The summed E-state index contributed by atoms with van der Waals surface area (Å²) < 4.78 is 3.39. The van der Waals surface area contributed by atoms with Crippen LogP contribution in [0.15, 0.2) is 59.8 Å². The molecule has 0 radical (unpaired) electrons. The van der Waals surface area contributed by atoms with Gasteiger partial charge in [0.1, 0.15) is 11.8 Å². The van der Waals surface area contributed by atoms with E-state index in [2.05, 4.69) is 73.5 Å². The first-order valence-electron chi connectivity index (χ1n) is 13.8. The third kappa shape index (κ3) is 5.68. The normalized spacial score (nSPS) is 12.8. The highest BCUT2D eigenvalue weighted by molar-refractivity contribution is 6.35. The van der Waals surface area contributed by atoms with Gasteiger partial charge in [-0.3, -0.25) is 9.78 Å². The summed E-state index contributed by atoms with van der Waals surface area (Å²) in [6.45, 7) is 13.2. The van der Waals surface area contributed by atoms with Gasteiger partial charge >= 0.3 is 0 Å². The fourth-order valence-electron chi connectivity index (χ4n) is 4.84. The molecule has 42 heavy (non-hydrogen) atoms. The Kier molecular flexibility index (Phi) is 7.46. The van der Waals surface area contributed by atoms with Gasteiger partial charge in [0.15, 0.2) is 0 Å². The van der Waals surface area contributed by atoms with Gasteiger partial charge in [0, 0.05) is 42.4 Å². The van der Waals surface area contributed by atoms with E-state index in [1.54, 1.807) is 24.0 Å². The zero-order valence-corrected chi connectivity index (χ0v) is 25.7. The Morgan fingerprint density at radius 1 is 1.07 bits per heavy atom. The molecule has 0 aliphatic rings. The molecule has 216 valence electrons. The van der Waals surface area contributed by atoms with Crippen molar-refractivity contribution >= 4 is 44.7 Å². The number of aryl methyl sites for hydroxylation is 1. The Bertz CT molecular complexity index is 1900. The summed E-state index contributed by atoms with van der Waals surface area (Å²) in [5.41, 5.74) is 3.62. The predicted molar refractivity (Wildman–Crippen MR) is 169 cm³/mol. The molecule has 3 aromatic heterocycles. The zero-order chi connectivity index (χ0) is 30.4. The van der Waals surface area contributed by atoms with Crippen molar-refractivity contribution in [3.8, 4) is 6.07 Å². The number of hydrogen-bond acceptors (Lipinski definition) is 7. The van der Waals surface area contributed by atoms with Gasteiger partial charge in [-0.15, -0.1) is 5.10 Å². The largest absolute Gasteiger partial charge is 0.383 e. The number of nitrogens with zero attached hydrogens (tertiary/aromatic N) is 6. The van der Waals surface area contributed by atoms with Crippen LogP contribution in [0.1, 0.15) is 64.4 Å². The van der Waals surface area contributed by atoms with Crippen molar-refractivity contribution in [3.63, 3.8) is 0 Å². The van der Waals surface area contributed by atoms with Crippen molar-refractivity contribution in [2.45, 2.75) is 53.1 Å². The van der Waals surface area contributed by atoms with E-state index >= 15 is 0 Å². The molecule has 9 nitrogen and oxygen atoms in total. The minimum atomic E-state index is -0.469. The van der Waals surface area contributed by atoms with Gasteiger partial charge in [-0.05, 0) is 61.4 Å². The molecule has 2 aromatic carbocycles. The van der Waals surface area contributed by atoms with Crippen LogP contribution in [0.25, 0.3) is 21.7 Å². The van der Waals surface area contributed by atoms with Gasteiger partial charge in [-0.1, -0.05) is 49.7 Å². The Balaban J connectivity index is 1.69. The van der Waals surface area contributed by atoms with E-state index in [0.717, 1.165) is 16.3 Å². The number of rotatable bonds is 6. The van der Waals surface area contributed by atoms with E-state index < -0.39 is 6.04 Å². The minimum Gasteiger partial charge on any atom is -0.383 e. The number of nitrogens with one attached hydrogen (secondary N) is 2. The SMILES string of the molecule is Cn1ccc2c([C@H](Nc3cc(Cl)c4ncc(C#N)c(NCC(C)(C)C)c4c3)c3cn(C(C)(C)C)nn3)cccc2c1=O. The maximum Gasteiger partial charge on any atom is 0.258 e. The smallest absolute Gasteiger partial charge is 0.258 e. The number of pyridine rings is 2. The maximum atomic E-state index is 13.0. The lowest BCUT2D eigenvalue weighted by molar-refractivity contribution is 0.347. The summed E-state index contributed by atoms with van der Waals surface area (Å²) in [5, 5.41) is 28.5. The number of hydrogen-bond donors (Lipinski definition) is 2. The lowest BCUT2D eigenvalue weighted by Crippen LogP contribution is -2.22. The van der Waals surface area contributed by atoms with E-state index in [1.165, 1.54) is 0 Å². The first-order valence-corrected chi connectivity index (χ1v) is 14.2. The molecule has 0 amide bonds. The number of anilines is 2. The quantitative estimate of drug-likeness (QED) is 0.231.